The molecule has 2 aromatic carbocycles. The molecule has 2 aliphatic rings. The lowest BCUT2D eigenvalue weighted by atomic mass is 9.97. The van der Waals surface area contributed by atoms with Crippen molar-refractivity contribution in [2.75, 3.05) is 13.2 Å². The molecule has 1 amide bonds. The minimum atomic E-state index is -4.66. The van der Waals surface area contributed by atoms with E-state index in [4.69, 9.17) is 4.74 Å². The van der Waals surface area contributed by atoms with E-state index in [1.54, 1.807) is 0 Å². The molecule has 2 N–H and O–H groups in total. The highest BCUT2D eigenvalue weighted by atomic mass is 32.2. The number of amides is 1. The second kappa shape index (κ2) is 11.5. The van der Waals surface area contributed by atoms with E-state index in [-0.39, 0.29) is 30.5 Å². The zero-order chi connectivity index (χ0) is 28.4. The summed E-state index contributed by atoms with van der Waals surface area (Å²) in [5.41, 5.74) is 0.874. The van der Waals surface area contributed by atoms with E-state index < -0.39 is 32.7 Å². The van der Waals surface area contributed by atoms with E-state index in [0.717, 1.165) is 29.7 Å². The predicted molar refractivity (Wildman–Crippen MR) is 142 cm³/mol. The number of piperidine rings is 1. The molecule has 39 heavy (non-hydrogen) atoms. The van der Waals surface area contributed by atoms with Crippen LogP contribution in [0.15, 0.2) is 47.4 Å². The molecule has 0 spiro atoms. The Morgan fingerprint density at radius 2 is 1.85 bits per heavy atom. The summed E-state index contributed by atoms with van der Waals surface area (Å²) in [4.78, 5) is 12.7. The quantitative estimate of drug-likeness (QED) is 0.482. The van der Waals surface area contributed by atoms with Crippen LogP contribution in [0.4, 0.5) is 13.2 Å². The Balaban J connectivity index is 1.46. The maximum absolute atomic E-state index is 13.4. The van der Waals surface area contributed by atoms with Gasteiger partial charge in [-0.15, -0.1) is 0 Å². The van der Waals surface area contributed by atoms with Gasteiger partial charge in [-0.25, -0.2) is 8.42 Å². The van der Waals surface area contributed by atoms with Gasteiger partial charge in [0.2, 0.25) is 15.9 Å². The van der Waals surface area contributed by atoms with Crippen LogP contribution >= 0.6 is 0 Å². The Kier molecular flexibility index (Phi) is 8.63. The molecule has 1 saturated heterocycles. The van der Waals surface area contributed by atoms with Crippen LogP contribution in [-0.4, -0.2) is 43.4 Å². The Morgan fingerprint density at radius 1 is 1.08 bits per heavy atom. The largest absolute Gasteiger partial charge is 0.493 e. The molecule has 0 saturated carbocycles. The van der Waals surface area contributed by atoms with Crippen molar-refractivity contribution in [2.24, 2.45) is 0 Å². The summed E-state index contributed by atoms with van der Waals surface area (Å²) in [5.74, 6) is 0.411. The van der Waals surface area contributed by atoms with Crippen molar-refractivity contribution in [1.82, 2.24) is 14.9 Å². The number of rotatable bonds is 7. The average Bonchev–Trinajstić information content (AvgIpc) is 2.87. The lowest BCUT2D eigenvalue weighted by Crippen LogP contribution is -2.46. The number of halogens is 3. The van der Waals surface area contributed by atoms with Crippen molar-refractivity contribution in [1.29, 1.82) is 0 Å². The predicted octanol–water partition coefficient (Wildman–Crippen LogP) is 5.17. The van der Waals surface area contributed by atoms with Gasteiger partial charge in [-0.3, -0.25) is 4.79 Å². The maximum atomic E-state index is 13.4. The second-order valence-electron chi connectivity index (χ2n) is 11.2. The average molecular weight is 568 g/mol. The van der Waals surface area contributed by atoms with Gasteiger partial charge in [-0.05, 0) is 63.4 Å². The fraction of sp³-hybridized carbons (Fsp3) is 0.536. The highest BCUT2D eigenvalue weighted by Crippen LogP contribution is 2.35. The lowest BCUT2D eigenvalue weighted by Gasteiger charge is -2.35. The number of benzene rings is 2. The third kappa shape index (κ3) is 7.32. The Labute approximate surface area is 228 Å². The molecule has 11 heteroatoms. The molecule has 2 atom stereocenters. The number of nitrogens with one attached hydrogen (secondary N) is 2. The van der Waals surface area contributed by atoms with Crippen LogP contribution in [0.3, 0.4) is 0 Å². The monoisotopic (exact) mass is 567 g/mol. The zero-order valence-corrected chi connectivity index (χ0v) is 23.3. The molecule has 1 fully saturated rings. The van der Waals surface area contributed by atoms with Gasteiger partial charge in [0, 0.05) is 43.1 Å². The van der Waals surface area contributed by atoms with Gasteiger partial charge >= 0.3 is 6.18 Å². The summed E-state index contributed by atoms with van der Waals surface area (Å²) >= 11 is 0. The SMILES string of the molecule is CC(C)(C)NCc1ccc2c(c1)OCC[C@H]2NC(=O)C[C@@H]1CCCCN1S(=O)(=O)c1cccc(C(F)(F)F)c1. The molecule has 0 aromatic heterocycles. The fourth-order valence-corrected chi connectivity index (χ4v) is 6.73. The molecule has 0 aliphatic carbocycles. The van der Waals surface area contributed by atoms with Gasteiger partial charge in [-0.2, -0.15) is 17.5 Å². The van der Waals surface area contributed by atoms with Crippen molar-refractivity contribution in [3.63, 3.8) is 0 Å². The first-order valence-corrected chi connectivity index (χ1v) is 14.7. The van der Waals surface area contributed by atoms with Gasteiger partial charge < -0.3 is 15.4 Å². The molecule has 0 radical (unpaired) electrons. The van der Waals surface area contributed by atoms with Gasteiger partial charge in [0.1, 0.15) is 5.75 Å². The molecule has 2 aromatic rings. The molecule has 7 nitrogen and oxygen atoms in total. The minimum absolute atomic E-state index is 0.0329. The third-order valence-corrected chi connectivity index (χ3v) is 8.99. The Hall–Kier alpha value is -2.63. The molecule has 2 heterocycles. The second-order valence-corrected chi connectivity index (χ2v) is 13.1. The number of fused-ring (bicyclic) bond motifs is 1. The van der Waals surface area contributed by atoms with Crippen molar-refractivity contribution in [2.45, 2.75) is 88.1 Å². The fourth-order valence-electron chi connectivity index (χ4n) is 4.99. The van der Waals surface area contributed by atoms with Crippen LogP contribution in [0.1, 0.15) is 75.6 Å². The molecule has 0 unspecified atom stereocenters. The molecule has 214 valence electrons. The number of nitrogens with zero attached hydrogens (tertiary/aromatic N) is 1. The summed E-state index contributed by atoms with van der Waals surface area (Å²) < 4.78 is 73.4. The first-order valence-electron chi connectivity index (χ1n) is 13.2. The number of carbonyl (C=O) groups is 1. The normalized spacial score (nSPS) is 20.7. The zero-order valence-electron chi connectivity index (χ0n) is 22.5. The molecular weight excluding hydrogens is 531 g/mol. The van der Waals surface area contributed by atoms with Gasteiger partial charge in [-0.1, -0.05) is 24.6 Å². The van der Waals surface area contributed by atoms with Gasteiger partial charge in [0.05, 0.1) is 23.1 Å². The number of hydrogen-bond acceptors (Lipinski definition) is 5. The Bertz CT molecular complexity index is 1290. The summed E-state index contributed by atoms with van der Waals surface area (Å²) in [6.07, 6.45) is -2.38. The van der Waals surface area contributed by atoms with Gasteiger partial charge in [0.15, 0.2) is 0 Å². The lowest BCUT2D eigenvalue weighted by molar-refractivity contribution is -0.137. The molecular formula is C28H36F3N3O4S. The third-order valence-electron chi connectivity index (χ3n) is 7.04. The summed E-state index contributed by atoms with van der Waals surface area (Å²) in [6, 6.07) is 8.76. The van der Waals surface area contributed by atoms with Crippen LogP contribution in [0.2, 0.25) is 0 Å². The van der Waals surface area contributed by atoms with Crippen molar-refractivity contribution >= 4 is 15.9 Å². The van der Waals surface area contributed by atoms with Gasteiger partial charge in [0.25, 0.3) is 0 Å². The molecule has 0 bridgehead atoms. The molecule has 4 rings (SSSR count). The summed E-state index contributed by atoms with van der Waals surface area (Å²) in [6.45, 7) is 7.54. The highest BCUT2D eigenvalue weighted by molar-refractivity contribution is 7.89. The van der Waals surface area contributed by atoms with E-state index in [0.29, 0.717) is 44.2 Å². The van der Waals surface area contributed by atoms with Crippen LogP contribution < -0.4 is 15.4 Å². The topological polar surface area (TPSA) is 87.7 Å². The smallest absolute Gasteiger partial charge is 0.416 e. The first-order chi connectivity index (χ1) is 18.2. The van der Waals surface area contributed by atoms with Crippen LogP contribution in [-0.2, 0) is 27.5 Å². The van der Waals surface area contributed by atoms with Crippen LogP contribution in [0.5, 0.6) is 5.75 Å². The summed E-state index contributed by atoms with van der Waals surface area (Å²) in [7, 11) is -4.21. The maximum Gasteiger partial charge on any atom is 0.416 e. The standard InChI is InChI=1S/C28H36F3N3O4S/c1-27(2,3)32-18-19-10-11-23-24(12-14-38-25(23)15-19)33-26(35)17-21-8-4-5-13-34(21)39(36,37)22-9-6-7-20(16-22)28(29,30)31/h6-7,9-11,15-16,21,24,32H,4-5,8,12-14,17-18H2,1-3H3,(H,33,35)/t21-,24+/m0/s1. The van der Waals surface area contributed by atoms with Crippen molar-refractivity contribution in [3.05, 3.63) is 59.2 Å². The Morgan fingerprint density at radius 3 is 2.56 bits per heavy atom. The van der Waals surface area contributed by atoms with E-state index in [9.17, 15) is 26.4 Å². The minimum Gasteiger partial charge on any atom is -0.493 e. The van der Waals surface area contributed by atoms with Crippen LogP contribution in [0, 0.1) is 0 Å². The summed E-state index contributed by atoms with van der Waals surface area (Å²) in [5, 5.41) is 6.47. The number of ether oxygens (including phenoxy) is 1. The van der Waals surface area contributed by atoms with Crippen molar-refractivity contribution in [3.8, 4) is 5.75 Å². The highest BCUT2D eigenvalue weighted by Gasteiger charge is 2.37. The first kappa shape index (κ1) is 29.4. The molecule has 2 aliphatic heterocycles. The van der Waals surface area contributed by atoms with E-state index >= 15 is 0 Å². The van der Waals surface area contributed by atoms with Crippen LogP contribution in [0.25, 0.3) is 0 Å². The number of hydrogen-bond donors (Lipinski definition) is 2. The number of alkyl halides is 3. The van der Waals surface area contributed by atoms with E-state index in [2.05, 4.69) is 31.4 Å². The number of carbonyl (C=O) groups excluding carboxylic acids is 1. The van der Waals surface area contributed by atoms with E-state index in [1.807, 2.05) is 18.2 Å². The number of sulfonamides is 1. The van der Waals surface area contributed by atoms with Crippen molar-refractivity contribution < 1.29 is 31.1 Å². The van der Waals surface area contributed by atoms with E-state index in [1.165, 1.54) is 10.4 Å².